The van der Waals surface area contributed by atoms with Crippen LogP contribution in [0.25, 0.3) is 0 Å². The van der Waals surface area contributed by atoms with E-state index in [1.165, 1.54) is 0 Å². The van der Waals surface area contributed by atoms with Crippen LogP contribution in [0.3, 0.4) is 0 Å². The molecule has 0 bridgehead atoms. The summed E-state index contributed by atoms with van der Waals surface area (Å²) in [5.74, 6) is -0.995. The van der Waals surface area contributed by atoms with Crippen LogP contribution in [0.2, 0.25) is 0 Å². The second-order valence-corrected chi connectivity index (χ2v) is 3.86. The van der Waals surface area contributed by atoms with Gasteiger partial charge < -0.3 is 5.11 Å². The molecule has 2 unspecified atom stereocenters. The highest BCUT2D eigenvalue weighted by Crippen LogP contribution is 2.27. The summed E-state index contributed by atoms with van der Waals surface area (Å²) in [5.41, 5.74) is 0.846. The summed E-state index contributed by atoms with van der Waals surface area (Å²) in [6.45, 7) is 4.06. The van der Waals surface area contributed by atoms with E-state index in [-0.39, 0.29) is 5.92 Å². The van der Waals surface area contributed by atoms with E-state index >= 15 is 0 Å². The van der Waals surface area contributed by atoms with Crippen LogP contribution in [-0.4, -0.2) is 16.1 Å². The van der Waals surface area contributed by atoms with Gasteiger partial charge in [0.25, 0.3) is 0 Å². The maximum atomic E-state index is 11.2. The number of nitrogens with zero attached hydrogens (tertiary/aromatic N) is 1. The van der Waals surface area contributed by atoms with Crippen LogP contribution >= 0.6 is 0 Å². The molecule has 3 heteroatoms. The van der Waals surface area contributed by atoms with Crippen LogP contribution < -0.4 is 0 Å². The molecule has 0 radical (unpaired) electrons. The van der Waals surface area contributed by atoms with E-state index in [0.717, 1.165) is 18.4 Å². The molecule has 1 heterocycles. The number of carboxylic acids is 1. The van der Waals surface area contributed by atoms with Gasteiger partial charge in [-0.05, 0) is 30.0 Å². The van der Waals surface area contributed by atoms with E-state index in [0.29, 0.717) is 0 Å². The normalized spacial score (nSPS) is 14.5. The van der Waals surface area contributed by atoms with Crippen molar-refractivity contribution in [1.29, 1.82) is 0 Å². The summed E-state index contributed by atoms with van der Waals surface area (Å²) in [4.78, 5) is 15.1. The first kappa shape index (κ1) is 11.7. The Labute approximate surface area is 90.2 Å². The zero-order valence-corrected chi connectivity index (χ0v) is 9.18. The predicted molar refractivity (Wildman–Crippen MR) is 58.7 cm³/mol. The van der Waals surface area contributed by atoms with E-state index in [9.17, 15) is 9.90 Å². The first-order valence-corrected chi connectivity index (χ1v) is 5.29. The summed E-state index contributed by atoms with van der Waals surface area (Å²) in [5, 5.41) is 9.20. The molecule has 0 aliphatic carbocycles. The van der Waals surface area contributed by atoms with E-state index in [1.807, 2.05) is 6.92 Å². The molecule has 1 aromatic heterocycles. The second kappa shape index (κ2) is 5.49. The molecule has 1 rings (SSSR count). The first-order chi connectivity index (χ1) is 7.16. The molecule has 0 fully saturated rings. The van der Waals surface area contributed by atoms with Gasteiger partial charge in [0.2, 0.25) is 0 Å². The summed E-state index contributed by atoms with van der Waals surface area (Å²) in [7, 11) is 0. The fourth-order valence-corrected chi connectivity index (χ4v) is 1.91. The number of hydrogen-bond acceptors (Lipinski definition) is 2. The summed E-state index contributed by atoms with van der Waals surface area (Å²) < 4.78 is 0. The minimum absolute atomic E-state index is 0.162. The van der Waals surface area contributed by atoms with Gasteiger partial charge in [-0.1, -0.05) is 20.3 Å². The summed E-state index contributed by atoms with van der Waals surface area (Å²) in [6.07, 6.45) is 5.23. The SMILES string of the molecule is CCCC(C)C(C(=O)O)c1ccncc1. The van der Waals surface area contributed by atoms with Gasteiger partial charge in [-0.25, -0.2) is 0 Å². The van der Waals surface area contributed by atoms with E-state index in [2.05, 4.69) is 11.9 Å². The zero-order chi connectivity index (χ0) is 11.3. The Morgan fingerprint density at radius 1 is 1.47 bits per heavy atom. The van der Waals surface area contributed by atoms with Gasteiger partial charge in [0.1, 0.15) is 0 Å². The molecular weight excluding hydrogens is 190 g/mol. The molecule has 1 aromatic rings. The molecule has 3 nitrogen and oxygen atoms in total. The van der Waals surface area contributed by atoms with Gasteiger partial charge in [-0.2, -0.15) is 0 Å². The summed E-state index contributed by atoms with van der Waals surface area (Å²) in [6, 6.07) is 3.57. The van der Waals surface area contributed by atoms with Crippen LogP contribution in [-0.2, 0) is 4.79 Å². The van der Waals surface area contributed by atoms with Crippen LogP contribution in [0.15, 0.2) is 24.5 Å². The molecule has 0 saturated heterocycles. The van der Waals surface area contributed by atoms with Gasteiger partial charge in [-0.15, -0.1) is 0 Å². The molecule has 1 N–H and O–H groups in total. The van der Waals surface area contributed by atoms with Crippen molar-refractivity contribution in [2.75, 3.05) is 0 Å². The number of carboxylic acid groups (broad SMARTS) is 1. The lowest BCUT2D eigenvalue weighted by atomic mass is 9.85. The smallest absolute Gasteiger partial charge is 0.311 e. The maximum absolute atomic E-state index is 11.2. The van der Waals surface area contributed by atoms with Crippen molar-refractivity contribution in [2.45, 2.75) is 32.6 Å². The van der Waals surface area contributed by atoms with E-state index < -0.39 is 11.9 Å². The first-order valence-electron chi connectivity index (χ1n) is 5.29. The second-order valence-electron chi connectivity index (χ2n) is 3.86. The lowest BCUT2D eigenvalue weighted by Gasteiger charge is -2.19. The van der Waals surface area contributed by atoms with Gasteiger partial charge >= 0.3 is 5.97 Å². The average molecular weight is 207 g/mol. The monoisotopic (exact) mass is 207 g/mol. The van der Waals surface area contributed by atoms with Crippen molar-refractivity contribution < 1.29 is 9.90 Å². The minimum atomic E-state index is -0.748. The van der Waals surface area contributed by atoms with Crippen molar-refractivity contribution in [3.8, 4) is 0 Å². The molecule has 2 atom stereocenters. The highest BCUT2D eigenvalue weighted by molar-refractivity contribution is 5.76. The lowest BCUT2D eigenvalue weighted by Crippen LogP contribution is -2.19. The molecule has 82 valence electrons. The van der Waals surface area contributed by atoms with E-state index in [4.69, 9.17) is 0 Å². The van der Waals surface area contributed by atoms with Gasteiger partial charge in [0.15, 0.2) is 0 Å². The molecule has 0 spiro atoms. The zero-order valence-electron chi connectivity index (χ0n) is 9.18. The van der Waals surface area contributed by atoms with Crippen molar-refractivity contribution in [2.24, 2.45) is 5.92 Å². The molecule has 0 aliphatic rings. The molecule has 0 aromatic carbocycles. The minimum Gasteiger partial charge on any atom is -0.481 e. The van der Waals surface area contributed by atoms with E-state index in [1.54, 1.807) is 24.5 Å². The third-order valence-electron chi connectivity index (χ3n) is 2.64. The molecule has 0 saturated carbocycles. The number of pyridine rings is 1. The Morgan fingerprint density at radius 2 is 2.07 bits per heavy atom. The Balaban J connectivity index is 2.88. The van der Waals surface area contributed by atoms with Crippen molar-refractivity contribution in [3.63, 3.8) is 0 Å². The molecule has 0 aliphatic heterocycles. The Bertz CT molecular complexity index is 311. The third kappa shape index (κ3) is 3.05. The average Bonchev–Trinajstić information content (AvgIpc) is 2.19. The largest absolute Gasteiger partial charge is 0.481 e. The molecule has 15 heavy (non-hydrogen) atoms. The predicted octanol–water partition coefficient (Wildman–Crippen LogP) is 2.69. The highest BCUT2D eigenvalue weighted by atomic mass is 16.4. The van der Waals surface area contributed by atoms with Gasteiger partial charge in [0, 0.05) is 12.4 Å². The number of aromatic nitrogens is 1. The highest BCUT2D eigenvalue weighted by Gasteiger charge is 2.25. The Hall–Kier alpha value is -1.38. The maximum Gasteiger partial charge on any atom is 0.311 e. The summed E-state index contributed by atoms with van der Waals surface area (Å²) >= 11 is 0. The number of rotatable bonds is 5. The fourth-order valence-electron chi connectivity index (χ4n) is 1.91. The van der Waals surface area contributed by atoms with Crippen LogP contribution in [0.4, 0.5) is 0 Å². The topological polar surface area (TPSA) is 50.2 Å². The van der Waals surface area contributed by atoms with Crippen molar-refractivity contribution in [3.05, 3.63) is 30.1 Å². The quantitative estimate of drug-likeness (QED) is 0.807. The third-order valence-corrected chi connectivity index (χ3v) is 2.64. The number of aliphatic carboxylic acids is 1. The Morgan fingerprint density at radius 3 is 2.53 bits per heavy atom. The lowest BCUT2D eigenvalue weighted by molar-refractivity contribution is -0.140. The van der Waals surface area contributed by atoms with Crippen LogP contribution in [0.5, 0.6) is 0 Å². The standard InChI is InChI=1S/C12H17NO2/c1-3-4-9(2)11(12(14)15)10-5-7-13-8-6-10/h5-9,11H,3-4H2,1-2H3,(H,14,15). The van der Waals surface area contributed by atoms with Gasteiger partial charge in [-0.3, -0.25) is 9.78 Å². The van der Waals surface area contributed by atoms with Gasteiger partial charge in [0.05, 0.1) is 5.92 Å². The van der Waals surface area contributed by atoms with Crippen molar-refractivity contribution in [1.82, 2.24) is 4.98 Å². The number of hydrogen-bond donors (Lipinski definition) is 1. The molecular formula is C12H17NO2. The molecule has 0 amide bonds. The van der Waals surface area contributed by atoms with Crippen molar-refractivity contribution >= 4 is 5.97 Å². The number of carbonyl (C=O) groups is 1. The Kier molecular flexibility index (Phi) is 4.28. The van der Waals surface area contributed by atoms with Crippen LogP contribution in [0, 0.1) is 5.92 Å². The fraction of sp³-hybridized carbons (Fsp3) is 0.500. The van der Waals surface area contributed by atoms with Crippen LogP contribution in [0.1, 0.15) is 38.2 Å².